The summed E-state index contributed by atoms with van der Waals surface area (Å²) in [7, 11) is 3.68. The molecule has 16 heavy (non-hydrogen) atoms. The second kappa shape index (κ2) is 6.33. The standard InChI is InChI=1S/C14H21NO/c1-11(2)9-13(15-3)10-12-5-7-14(16-4)8-6-12/h5-9,13,15H,10H2,1-4H3. The lowest BCUT2D eigenvalue weighted by Crippen LogP contribution is -2.25. The van der Waals surface area contributed by atoms with Crippen molar-refractivity contribution >= 4 is 0 Å². The number of hydrogen-bond donors (Lipinski definition) is 1. The van der Waals surface area contributed by atoms with Crippen molar-refractivity contribution in [3.8, 4) is 5.75 Å². The molecular formula is C14H21NO. The summed E-state index contributed by atoms with van der Waals surface area (Å²) in [5.41, 5.74) is 2.66. The van der Waals surface area contributed by atoms with E-state index in [1.807, 2.05) is 19.2 Å². The first-order valence-corrected chi connectivity index (χ1v) is 5.61. The Bertz CT molecular complexity index is 336. The summed E-state index contributed by atoms with van der Waals surface area (Å²) in [6.07, 6.45) is 3.26. The van der Waals surface area contributed by atoms with Gasteiger partial charge in [0.1, 0.15) is 5.75 Å². The van der Waals surface area contributed by atoms with Gasteiger partial charge in [0.25, 0.3) is 0 Å². The van der Waals surface area contributed by atoms with Gasteiger partial charge < -0.3 is 10.1 Å². The number of nitrogens with one attached hydrogen (secondary N) is 1. The molecule has 0 radical (unpaired) electrons. The predicted octanol–water partition coefficient (Wildman–Crippen LogP) is 2.79. The average Bonchev–Trinajstić information content (AvgIpc) is 2.28. The molecule has 2 heteroatoms. The maximum Gasteiger partial charge on any atom is 0.118 e. The number of ether oxygens (including phenoxy) is 1. The molecule has 0 fully saturated rings. The van der Waals surface area contributed by atoms with E-state index in [4.69, 9.17) is 4.74 Å². The third kappa shape index (κ3) is 4.07. The topological polar surface area (TPSA) is 21.3 Å². The van der Waals surface area contributed by atoms with Crippen molar-refractivity contribution in [1.82, 2.24) is 5.32 Å². The van der Waals surface area contributed by atoms with Gasteiger partial charge in [-0.05, 0) is 45.0 Å². The fourth-order valence-corrected chi connectivity index (χ4v) is 1.66. The Hall–Kier alpha value is -1.28. The van der Waals surface area contributed by atoms with Gasteiger partial charge >= 0.3 is 0 Å². The fourth-order valence-electron chi connectivity index (χ4n) is 1.66. The molecule has 1 unspecified atom stereocenters. The minimum Gasteiger partial charge on any atom is -0.497 e. The van der Waals surface area contributed by atoms with Crippen LogP contribution in [0.4, 0.5) is 0 Å². The summed E-state index contributed by atoms with van der Waals surface area (Å²) < 4.78 is 5.14. The first-order valence-electron chi connectivity index (χ1n) is 5.61. The quantitative estimate of drug-likeness (QED) is 0.769. The normalized spacial score (nSPS) is 12.0. The summed E-state index contributed by atoms with van der Waals surface area (Å²) in [5.74, 6) is 0.909. The lowest BCUT2D eigenvalue weighted by Gasteiger charge is -2.13. The van der Waals surface area contributed by atoms with E-state index in [2.05, 4.69) is 37.4 Å². The zero-order valence-electron chi connectivity index (χ0n) is 10.6. The number of rotatable bonds is 5. The molecule has 0 amide bonds. The molecule has 1 rings (SSSR count). The SMILES string of the molecule is CNC(C=C(C)C)Cc1ccc(OC)cc1. The first kappa shape index (κ1) is 12.8. The van der Waals surface area contributed by atoms with Gasteiger partial charge in [-0.25, -0.2) is 0 Å². The van der Waals surface area contributed by atoms with E-state index in [1.165, 1.54) is 11.1 Å². The van der Waals surface area contributed by atoms with Gasteiger partial charge in [-0.1, -0.05) is 23.8 Å². The minimum absolute atomic E-state index is 0.401. The first-order chi connectivity index (χ1) is 7.65. The van der Waals surface area contributed by atoms with E-state index in [9.17, 15) is 0 Å². The molecule has 0 aromatic heterocycles. The maximum absolute atomic E-state index is 5.14. The lowest BCUT2D eigenvalue weighted by atomic mass is 10.0. The van der Waals surface area contributed by atoms with Crippen molar-refractivity contribution in [3.63, 3.8) is 0 Å². The van der Waals surface area contributed by atoms with Crippen LogP contribution in [0.15, 0.2) is 35.9 Å². The minimum atomic E-state index is 0.401. The second-order valence-electron chi connectivity index (χ2n) is 4.19. The van der Waals surface area contributed by atoms with E-state index in [1.54, 1.807) is 7.11 Å². The molecule has 0 spiro atoms. The van der Waals surface area contributed by atoms with Gasteiger partial charge in [0.15, 0.2) is 0 Å². The molecule has 0 saturated heterocycles. The third-order valence-electron chi connectivity index (χ3n) is 2.52. The van der Waals surface area contributed by atoms with Crippen LogP contribution >= 0.6 is 0 Å². The van der Waals surface area contributed by atoms with Gasteiger partial charge in [-0.2, -0.15) is 0 Å². The Morgan fingerprint density at radius 1 is 1.31 bits per heavy atom. The molecule has 1 aromatic rings. The van der Waals surface area contributed by atoms with Crippen molar-refractivity contribution in [2.24, 2.45) is 0 Å². The maximum atomic E-state index is 5.14. The van der Waals surface area contributed by atoms with Crippen molar-refractivity contribution in [3.05, 3.63) is 41.5 Å². The molecule has 0 bridgehead atoms. The highest BCUT2D eigenvalue weighted by Crippen LogP contribution is 2.13. The highest BCUT2D eigenvalue weighted by molar-refractivity contribution is 5.28. The lowest BCUT2D eigenvalue weighted by molar-refractivity contribution is 0.414. The van der Waals surface area contributed by atoms with E-state index in [0.29, 0.717) is 6.04 Å². The molecule has 1 aromatic carbocycles. The summed E-state index contributed by atoms with van der Waals surface area (Å²) in [6, 6.07) is 8.64. The Morgan fingerprint density at radius 3 is 2.38 bits per heavy atom. The number of benzene rings is 1. The monoisotopic (exact) mass is 219 g/mol. The molecule has 0 aliphatic heterocycles. The second-order valence-corrected chi connectivity index (χ2v) is 4.19. The Kier molecular flexibility index (Phi) is 5.06. The molecule has 88 valence electrons. The van der Waals surface area contributed by atoms with Crippen molar-refractivity contribution in [2.75, 3.05) is 14.2 Å². The molecule has 2 nitrogen and oxygen atoms in total. The molecule has 0 aliphatic rings. The number of methoxy groups -OCH3 is 1. The summed E-state index contributed by atoms with van der Waals surface area (Å²) in [5, 5.41) is 3.30. The Balaban J connectivity index is 2.67. The van der Waals surface area contributed by atoms with Crippen LogP contribution in [-0.2, 0) is 6.42 Å². The molecule has 1 atom stereocenters. The summed E-state index contributed by atoms with van der Waals surface area (Å²) in [4.78, 5) is 0. The van der Waals surface area contributed by atoms with Gasteiger partial charge in [0.05, 0.1) is 7.11 Å². The van der Waals surface area contributed by atoms with E-state index >= 15 is 0 Å². The molecular weight excluding hydrogens is 198 g/mol. The van der Waals surface area contributed by atoms with Crippen LogP contribution in [0, 0.1) is 0 Å². The summed E-state index contributed by atoms with van der Waals surface area (Å²) in [6.45, 7) is 4.25. The summed E-state index contributed by atoms with van der Waals surface area (Å²) >= 11 is 0. The number of allylic oxidation sites excluding steroid dienone is 1. The van der Waals surface area contributed by atoms with E-state index < -0.39 is 0 Å². The molecule has 0 heterocycles. The van der Waals surface area contributed by atoms with Crippen molar-refractivity contribution < 1.29 is 4.74 Å². The third-order valence-corrected chi connectivity index (χ3v) is 2.52. The van der Waals surface area contributed by atoms with Crippen molar-refractivity contribution in [1.29, 1.82) is 0 Å². The van der Waals surface area contributed by atoms with Crippen LogP contribution < -0.4 is 10.1 Å². The molecule has 0 aliphatic carbocycles. The van der Waals surface area contributed by atoms with E-state index in [-0.39, 0.29) is 0 Å². The zero-order chi connectivity index (χ0) is 12.0. The van der Waals surface area contributed by atoms with Crippen LogP contribution in [0.2, 0.25) is 0 Å². The largest absolute Gasteiger partial charge is 0.497 e. The smallest absolute Gasteiger partial charge is 0.118 e. The highest BCUT2D eigenvalue weighted by atomic mass is 16.5. The van der Waals surface area contributed by atoms with Crippen LogP contribution in [0.1, 0.15) is 19.4 Å². The predicted molar refractivity (Wildman–Crippen MR) is 69.0 cm³/mol. The van der Waals surface area contributed by atoms with Crippen LogP contribution in [0.3, 0.4) is 0 Å². The van der Waals surface area contributed by atoms with Crippen LogP contribution in [0.25, 0.3) is 0 Å². The number of likely N-dealkylation sites (N-methyl/N-ethyl adjacent to an activating group) is 1. The van der Waals surface area contributed by atoms with Gasteiger partial charge in [-0.3, -0.25) is 0 Å². The van der Waals surface area contributed by atoms with Gasteiger partial charge in [0.2, 0.25) is 0 Å². The Labute approximate surface area is 98.3 Å². The highest BCUT2D eigenvalue weighted by Gasteiger charge is 2.03. The average molecular weight is 219 g/mol. The van der Waals surface area contributed by atoms with Gasteiger partial charge in [0, 0.05) is 6.04 Å². The molecule has 1 N–H and O–H groups in total. The van der Waals surface area contributed by atoms with Crippen LogP contribution in [-0.4, -0.2) is 20.2 Å². The van der Waals surface area contributed by atoms with Crippen LogP contribution in [0.5, 0.6) is 5.75 Å². The Morgan fingerprint density at radius 2 is 1.94 bits per heavy atom. The zero-order valence-corrected chi connectivity index (χ0v) is 10.6. The van der Waals surface area contributed by atoms with E-state index in [0.717, 1.165) is 12.2 Å². The molecule has 0 saturated carbocycles. The number of hydrogen-bond acceptors (Lipinski definition) is 2. The van der Waals surface area contributed by atoms with Crippen molar-refractivity contribution in [2.45, 2.75) is 26.3 Å². The fraction of sp³-hybridized carbons (Fsp3) is 0.429. The van der Waals surface area contributed by atoms with Gasteiger partial charge in [-0.15, -0.1) is 0 Å².